The van der Waals surface area contributed by atoms with Gasteiger partial charge in [-0.25, -0.2) is 0 Å². The molecule has 0 bridgehead atoms. The lowest BCUT2D eigenvalue weighted by Crippen LogP contribution is -2.06. The van der Waals surface area contributed by atoms with Crippen molar-refractivity contribution in [2.24, 2.45) is 0 Å². The van der Waals surface area contributed by atoms with Crippen LogP contribution in [0.1, 0.15) is 12.8 Å². The maximum atomic E-state index is 10.2. The molecule has 0 aliphatic carbocycles. The molecule has 0 atom stereocenters. The molecule has 15 heavy (non-hydrogen) atoms. The quantitative estimate of drug-likeness (QED) is 0.676. The summed E-state index contributed by atoms with van der Waals surface area (Å²) in [6, 6.07) is 0. The molecule has 1 heterocycles. The molecule has 0 amide bonds. The van der Waals surface area contributed by atoms with Gasteiger partial charge in [0.1, 0.15) is 5.82 Å². The van der Waals surface area contributed by atoms with Crippen molar-refractivity contribution in [3.05, 3.63) is 12.4 Å². The number of methoxy groups -OCH3 is 1. The molecule has 6 heteroatoms. The summed E-state index contributed by atoms with van der Waals surface area (Å²) in [6.07, 6.45) is 3.75. The zero-order valence-corrected chi connectivity index (χ0v) is 8.43. The van der Waals surface area contributed by atoms with Gasteiger partial charge in [-0.1, -0.05) is 0 Å². The van der Waals surface area contributed by atoms with Gasteiger partial charge in [0.05, 0.1) is 19.5 Å². The Morgan fingerprint density at radius 1 is 1.60 bits per heavy atom. The van der Waals surface area contributed by atoms with Crippen LogP contribution in [0.15, 0.2) is 12.4 Å². The van der Waals surface area contributed by atoms with Crippen LogP contribution >= 0.6 is 0 Å². The normalized spacial score (nSPS) is 9.67. The highest BCUT2D eigenvalue weighted by atomic mass is 16.5. The molecule has 1 aromatic rings. The third-order valence-corrected chi connectivity index (χ3v) is 1.70. The van der Waals surface area contributed by atoms with Crippen LogP contribution in [0.2, 0.25) is 0 Å². The van der Waals surface area contributed by atoms with Crippen molar-refractivity contribution < 1.29 is 14.6 Å². The molecule has 0 fully saturated rings. The summed E-state index contributed by atoms with van der Waals surface area (Å²) in [5.41, 5.74) is 0. The van der Waals surface area contributed by atoms with Gasteiger partial charge in [-0.2, -0.15) is 4.98 Å². The van der Waals surface area contributed by atoms with Gasteiger partial charge in [-0.3, -0.25) is 9.78 Å². The maximum absolute atomic E-state index is 10.2. The van der Waals surface area contributed by atoms with Gasteiger partial charge in [0.2, 0.25) is 5.88 Å². The van der Waals surface area contributed by atoms with Gasteiger partial charge in [-0.15, -0.1) is 0 Å². The van der Waals surface area contributed by atoms with Crippen molar-refractivity contribution in [1.82, 2.24) is 9.97 Å². The van der Waals surface area contributed by atoms with Crippen molar-refractivity contribution >= 4 is 11.8 Å². The van der Waals surface area contributed by atoms with Crippen LogP contribution in [0, 0.1) is 0 Å². The Labute approximate surface area is 87.3 Å². The molecule has 1 aromatic heterocycles. The molecule has 0 unspecified atom stereocenters. The van der Waals surface area contributed by atoms with Gasteiger partial charge in [-0.05, 0) is 6.42 Å². The van der Waals surface area contributed by atoms with E-state index in [1.807, 2.05) is 0 Å². The second kappa shape index (κ2) is 5.79. The van der Waals surface area contributed by atoms with E-state index in [-0.39, 0.29) is 6.42 Å². The summed E-state index contributed by atoms with van der Waals surface area (Å²) in [5.74, 6) is 0.214. The summed E-state index contributed by atoms with van der Waals surface area (Å²) in [5, 5.41) is 11.4. The summed E-state index contributed by atoms with van der Waals surface area (Å²) in [7, 11) is 1.51. The average molecular weight is 211 g/mol. The minimum atomic E-state index is -0.798. The highest BCUT2D eigenvalue weighted by Gasteiger charge is 1.99. The molecule has 6 nitrogen and oxygen atoms in total. The van der Waals surface area contributed by atoms with Gasteiger partial charge in [0.25, 0.3) is 0 Å². The zero-order chi connectivity index (χ0) is 11.1. The number of rotatable bonds is 6. The lowest BCUT2D eigenvalue weighted by Gasteiger charge is -2.04. The number of carbonyl (C=O) groups is 1. The zero-order valence-electron chi connectivity index (χ0n) is 8.43. The van der Waals surface area contributed by atoms with Crippen molar-refractivity contribution in [1.29, 1.82) is 0 Å². The first-order chi connectivity index (χ1) is 7.22. The molecular weight excluding hydrogens is 198 g/mol. The van der Waals surface area contributed by atoms with Gasteiger partial charge >= 0.3 is 5.97 Å². The van der Waals surface area contributed by atoms with Crippen LogP contribution in [0.5, 0.6) is 5.88 Å². The molecule has 0 saturated heterocycles. The molecule has 0 saturated carbocycles. The van der Waals surface area contributed by atoms with E-state index >= 15 is 0 Å². The standard InChI is InChI=1S/C9H13N3O3/c1-15-8-6-10-5-7(12-8)11-4-2-3-9(13)14/h5-6H,2-4H2,1H3,(H,11,12)(H,13,14). The maximum Gasteiger partial charge on any atom is 0.303 e. The summed E-state index contributed by atoms with van der Waals surface area (Å²) in [6.45, 7) is 0.550. The minimum Gasteiger partial charge on any atom is -0.481 e. The first-order valence-corrected chi connectivity index (χ1v) is 4.54. The fraction of sp³-hybridized carbons (Fsp3) is 0.444. The molecule has 0 spiro atoms. The number of carboxylic acid groups (broad SMARTS) is 1. The molecule has 82 valence electrons. The largest absolute Gasteiger partial charge is 0.481 e. The predicted molar refractivity (Wildman–Crippen MR) is 53.9 cm³/mol. The highest BCUT2D eigenvalue weighted by Crippen LogP contribution is 2.07. The Balaban J connectivity index is 2.33. The van der Waals surface area contributed by atoms with Gasteiger partial charge in [0.15, 0.2) is 0 Å². The van der Waals surface area contributed by atoms with Crippen molar-refractivity contribution in [2.45, 2.75) is 12.8 Å². The summed E-state index contributed by atoms with van der Waals surface area (Å²) in [4.78, 5) is 18.2. The average Bonchev–Trinajstić information content (AvgIpc) is 2.24. The van der Waals surface area contributed by atoms with Gasteiger partial charge < -0.3 is 15.2 Å². The van der Waals surface area contributed by atoms with E-state index in [0.717, 1.165) is 0 Å². The van der Waals surface area contributed by atoms with E-state index < -0.39 is 5.97 Å². The Kier molecular flexibility index (Phi) is 4.33. The van der Waals surface area contributed by atoms with Crippen LogP contribution in [-0.2, 0) is 4.79 Å². The Morgan fingerprint density at radius 2 is 2.40 bits per heavy atom. The van der Waals surface area contributed by atoms with Gasteiger partial charge in [0, 0.05) is 13.0 Å². The Morgan fingerprint density at radius 3 is 3.07 bits per heavy atom. The third-order valence-electron chi connectivity index (χ3n) is 1.70. The SMILES string of the molecule is COc1cncc(NCCCC(=O)O)n1. The summed E-state index contributed by atoms with van der Waals surface area (Å²) >= 11 is 0. The number of nitrogens with zero attached hydrogens (tertiary/aromatic N) is 2. The highest BCUT2D eigenvalue weighted by molar-refractivity contribution is 5.66. The second-order valence-corrected chi connectivity index (χ2v) is 2.87. The fourth-order valence-corrected chi connectivity index (χ4v) is 0.988. The fourth-order valence-electron chi connectivity index (χ4n) is 0.988. The van der Waals surface area contributed by atoms with Crippen LogP contribution in [-0.4, -0.2) is 34.7 Å². The molecule has 0 radical (unpaired) electrons. The van der Waals surface area contributed by atoms with Crippen molar-refractivity contribution in [3.8, 4) is 5.88 Å². The minimum absolute atomic E-state index is 0.143. The van der Waals surface area contributed by atoms with Crippen molar-refractivity contribution in [3.63, 3.8) is 0 Å². The third kappa shape index (κ3) is 4.26. The molecule has 0 aliphatic heterocycles. The molecule has 2 N–H and O–H groups in total. The van der Waals surface area contributed by atoms with E-state index in [9.17, 15) is 4.79 Å². The lowest BCUT2D eigenvalue weighted by molar-refractivity contribution is -0.137. The number of anilines is 1. The first kappa shape index (κ1) is 11.2. The number of nitrogens with one attached hydrogen (secondary N) is 1. The second-order valence-electron chi connectivity index (χ2n) is 2.87. The number of ether oxygens (including phenoxy) is 1. The molecular formula is C9H13N3O3. The monoisotopic (exact) mass is 211 g/mol. The Bertz CT molecular complexity index is 330. The topological polar surface area (TPSA) is 84.3 Å². The van der Waals surface area contributed by atoms with Crippen LogP contribution < -0.4 is 10.1 Å². The van der Waals surface area contributed by atoms with E-state index in [2.05, 4.69) is 15.3 Å². The molecule has 1 rings (SSSR count). The van der Waals surface area contributed by atoms with Crippen LogP contribution in [0.3, 0.4) is 0 Å². The number of aromatic nitrogens is 2. The number of carboxylic acids is 1. The molecule has 0 aliphatic rings. The number of hydrogen-bond donors (Lipinski definition) is 2. The van der Waals surface area contributed by atoms with E-state index in [1.54, 1.807) is 6.20 Å². The van der Waals surface area contributed by atoms with Crippen molar-refractivity contribution in [2.75, 3.05) is 19.0 Å². The molecule has 0 aromatic carbocycles. The van der Waals surface area contributed by atoms with E-state index in [1.165, 1.54) is 13.3 Å². The smallest absolute Gasteiger partial charge is 0.303 e. The lowest BCUT2D eigenvalue weighted by atomic mass is 10.3. The predicted octanol–water partition coefficient (Wildman–Crippen LogP) is 0.762. The Hall–Kier alpha value is -1.85. The number of aliphatic carboxylic acids is 1. The number of hydrogen-bond acceptors (Lipinski definition) is 5. The first-order valence-electron chi connectivity index (χ1n) is 4.54. The van der Waals surface area contributed by atoms with Crippen LogP contribution in [0.25, 0.3) is 0 Å². The van der Waals surface area contributed by atoms with Crippen LogP contribution in [0.4, 0.5) is 5.82 Å². The van der Waals surface area contributed by atoms with E-state index in [4.69, 9.17) is 9.84 Å². The van der Waals surface area contributed by atoms with E-state index in [0.29, 0.717) is 24.7 Å². The summed E-state index contributed by atoms with van der Waals surface area (Å²) < 4.78 is 4.89.